The molecule has 0 spiro atoms. The highest BCUT2D eigenvalue weighted by atomic mass is 33.1. The number of benzene rings is 2. The number of nitrogens with one attached hydrogen (secondary N) is 2. The number of rotatable bonds is 4. The van der Waals surface area contributed by atoms with Crippen LogP contribution < -0.4 is 9.44 Å². The lowest BCUT2D eigenvalue weighted by atomic mass is 10.4. The van der Waals surface area contributed by atoms with E-state index in [1.165, 1.54) is 24.3 Å². The summed E-state index contributed by atoms with van der Waals surface area (Å²) in [5, 5.41) is 0. The minimum Gasteiger partial charge on any atom is -0.295 e. The Morgan fingerprint density at radius 1 is 0.694 bits per heavy atom. The zero-order valence-corrected chi connectivity index (χ0v) is 23.4. The van der Waals surface area contributed by atoms with Crippen LogP contribution in [0.25, 0.3) is 0 Å². The molecule has 10 nitrogen and oxygen atoms in total. The summed E-state index contributed by atoms with van der Waals surface area (Å²) in [6.07, 6.45) is 0. The SMILES string of the molecule is O=S(=O)(NC1=NCCN1C(=S)SSC(=S)N1CCN=C1NS(=O)(=O)c1ccccc1)c1ccccc1. The van der Waals surface area contributed by atoms with Crippen molar-refractivity contribution >= 4 is 86.6 Å². The predicted molar refractivity (Wildman–Crippen MR) is 152 cm³/mol. The maximum atomic E-state index is 12.7. The molecule has 0 unspecified atom stereocenters. The number of hydrogen-bond donors (Lipinski definition) is 2. The first-order valence-corrected chi connectivity index (χ1v) is 16.3. The van der Waals surface area contributed by atoms with Gasteiger partial charge in [0.2, 0.25) is 11.9 Å². The Morgan fingerprint density at radius 3 is 1.42 bits per heavy atom. The Kier molecular flexibility index (Phi) is 8.52. The van der Waals surface area contributed by atoms with Crippen molar-refractivity contribution < 1.29 is 16.8 Å². The Labute approximate surface area is 228 Å². The van der Waals surface area contributed by atoms with Crippen molar-refractivity contribution in [2.75, 3.05) is 26.2 Å². The summed E-state index contributed by atoms with van der Waals surface area (Å²) in [5.74, 6) is 0.281. The molecular formula is C20H20N6O4S6. The lowest BCUT2D eigenvalue weighted by Gasteiger charge is -2.23. The topological polar surface area (TPSA) is 124 Å². The first-order chi connectivity index (χ1) is 17.2. The standard InChI is InChI=1S/C20H20N6O4S6/c27-35(28,15-7-3-1-4-8-15)23-17-21-11-13-25(17)19(31)33-34-20(32)26-14-12-22-18(26)24-36(29,30)16-9-5-2-6-10-16/h1-10H,11-14H2,(H,21,23)(H,22,24). The molecule has 2 aliphatic heterocycles. The molecule has 2 N–H and O–H groups in total. The van der Waals surface area contributed by atoms with Crippen LogP contribution >= 0.6 is 46.0 Å². The number of guanidine groups is 2. The van der Waals surface area contributed by atoms with E-state index in [9.17, 15) is 16.8 Å². The minimum absolute atomic E-state index is 0.118. The molecule has 0 aliphatic carbocycles. The summed E-state index contributed by atoms with van der Waals surface area (Å²) < 4.78 is 56.4. The molecule has 2 aromatic rings. The molecule has 0 bridgehead atoms. The smallest absolute Gasteiger partial charge is 0.264 e. The second kappa shape index (κ2) is 11.4. The number of thiocarbonyl (C=S) groups is 2. The minimum atomic E-state index is -3.82. The molecular weight excluding hydrogens is 581 g/mol. The molecule has 2 aliphatic rings. The largest absolute Gasteiger partial charge is 0.295 e. The van der Waals surface area contributed by atoms with Crippen molar-refractivity contribution in [1.82, 2.24) is 19.2 Å². The van der Waals surface area contributed by atoms with Crippen LogP contribution in [0.2, 0.25) is 0 Å². The molecule has 0 aromatic heterocycles. The molecule has 4 rings (SSSR count). The van der Waals surface area contributed by atoms with E-state index < -0.39 is 20.0 Å². The first kappa shape index (κ1) is 26.8. The van der Waals surface area contributed by atoms with Gasteiger partial charge >= 0.3 is 0 Å². The summed E-state index contributed by atoms with van der Waals surface area (Å²) in [4.78, 5) is 11.9. The van der Waals surface area contributed by atoms with Crippen molar-refractivity contribution in [3.05, 3.63) is 60.7 Å². The van der Waals surface area contributed by atoms with Gasteiger partial charge in [-0.3, -0.25) is 19.8 Å². The Hall–Kier alpha value is -2.24. The fraction of sp³-hybridized carbons (Fsp3) is 0.200. The molecule has 0 radical (unpaired) electrons. The molecule has 0 atom stereocenters. The number of nitrogens with zero attached hydrogens (tertiary/aromatic N) is 4. The summed E-state index contributed by atoms with van der Waals surface area (Å²) in [6, 6.07) is 16.0. The van der Waals surface area contributed by atoms with E-state index in [0.717, 1.165) is 21.6 Å². The molecule has 2 aromatic carbocycles. The van der Waals surface area contributed by atoms with Crippen LogP contribution in [0.5, 0.6) is 0 Å². The van der Waals surface area contributed by atoms with E-state index in [-0.39, 0.29) is 21.7 Å². The first-order valence-electron chi connectivity index (χ1n) is 10.4. The molecule has 2 heterocycles. The van der Waals surface area contributed by atoms with Gasteiger partial charge in [-0.25, -0.2) is 26.3 Å². The van der Waals surface area contributed by atoms with Gasteiger partial charge in [0.15, 0.2) is 8.64 Å². The molecule has 190 valence electrons. The molecule has 0 saturated heterocycles. The van der Waals surface area contributed by atoms with Crippen LogP contribution in [-0.4, -0.2) is 73.4 Å². The van der Waals surface area contributed by atoms with Crippen LogP contribution in [-0.2, 0) is 20.0 Å². The zero-order chi connectivity index (χ0) is 25.8. The van der Waals surface area contributed by atoms with E-state index in [1.807, 2.05) is 0 Å². The van der Waals surface area contributed by atoms with Crippen molar-refractivity contribution in [3.8, 4) is 0 Å². The fourth-order valence-corrected chi connectivity index (χ4v) is 7.85. The maximum Gasteiger partial charge on any atom is 0.264 e. The highest BCUT2D eigenvalue weighted by Crippen LogP contribution is 2.30. The van der Waals surface area contributed by atoms with Crippen LogP contribution in [0.1, 0.15) is 0 Å². The third-order valence-electron chi connectivity index (χ3n) is 4.87. The molecule has 36 heavy (non-hydrogen) atoms. The van der Waals surface area contributed by atoms with E-state index >= 15 is 0 Å². The van der Waals surface area contributed by atoms with Gasteiger partial charge in [-0.2, -0.15) is 0 Å². The monoisotopic (exact) mass is 600 g/mol. The molecule has 0 amide bonds. The van der Waals surface area contributed by atoms with Crippen LogP contribution in [0.3, 0.4) is 0 Å². The normalized spacial score (nSPS) is 15.9. The molecule has 16 heteroatoms. The average Bonchev–Trinajstić information content (AvgIpc) is 3.52. The Bertz CT molecular complexity index is 1310. The van der Waals surface area contributed by atoms with Gasteiger partial charge in [0, 0.05) is 13.1 Å². The zero-order valence-electron chi connectivity index (χ0n) is 18.5. The Balaban J connectivity index is 1.35. The highest BCUT2D eigenvalue weighted by molar-refractivity contribution is 8.89. The van der Waals surface area contributed by atoms with Crippen molar-refractivity contribution in [2.45, 2.75) is 9.79 Å². The van der Waals surface area contributed by atoms with Gasteiger partial charge in [0.05, 0.1) is 22.9 Å². The average molecular weight is 601 g/mol. The summed E-state index contributed by atoms with van der Waals surface area (Å²) in [6.45, 7) is 1.59. The fourth-order valence-electron chi connectivity index (χ4n) is 3.14. The van der Waals surface area contributed by atoms with Gasteiger partial charge in [0.1, 0.15) is 0 Å². The van der Waals surface area contributed by atoms with E-state index in [2.05, 4.69) is 19.4 Å². The van der Waals surface area contributed by atoms with E-state index in [0.29, 0.717) is 34.8 Å². The van der Waals surface area contributed by atoms with Crippen molar-refractivity contribution in [3.63, 3.8) is 0 Å². The second-order valence-electron chi connectivity index (χ2n) is 7.25. The number of sulfonamides is 2. The van der Waals surface area contributed by atoms with Gasteiger partial charge in [-0.05, 0) is 45.9 Å². The Morgan fingerprint density at radius 2 is 1.06 bits per heavy atom. The summed E-state index contributed by atoms with van der Waals surface area (Å²) in [5.41, 5.74) is 0. The quantitative estimate of drug-likeness (QED) is 0.399. The summed E-state index contributed by atoms with van der Waals surface area (Å²) in [7, 11) is -5.32. The van der Waals surface area contributed by atoms with Crippen molar-refractivity contribution in [2.24, 2.45) is 9.98 Å². The third kappa shape index (κ3) is 6.36. The second-order valence-corrected chi connectivity index (χ2v) is 14.0. The number of hydrogen-bond acceptors (Lipinski definition) is 10. The van der Waals surface area contributed by atoms with Gasteiger partial charge < -0.3 is 0 Å². The summed E-state index contributed by atoms with van der Waals surface area (Å²) >= 11 is 11.0. The number of aliphatic imine (C=N–C) groups is 2. The molecule has 0 fully saturated rings. The van der Waals surface area contributed by atoms with Crippen LogP contribution in [0.15, 0.2) is 80.4 Å². The van der Waals surface area contributed by atoms with E-state index in [4.69, 9.17) is 24.4 Å². The molecule has 0 saturated carbocycles. The van der Waals surface area contributed by atoms with Gasteiger partial charge in [0.25, 0.3) is 20.0 Å². The predicted octanol–water partition coefficient (Wildman–Crippen LogP) is 2.24. The van der Waals surface area contributed by atoms with Crippen LogP contribution in [0.4, 0.5) is 0 Å². The van der Waals surface area contributed by atoms with Gasteiger partial charge in [-0.15, -0.1) is 0 Å². The maximum absolute atomic E-state index is 12.7. The van der Waals surface area contributed by atoms with Gasteiger partial charge in [-0.1, -0.05) is 60.8 Å². The van der Waals surface area contributed by atoms with E-state index in [1.54, 1.807) is 46.2 Å². The lowest BCUT2D eigenvalue weighted by molar-refractivity contribution is 0.586. The lowest BCUT2D eigenvalue weighted by Crippen LogP contribution is -2.44. The third-order valence-corrected chi connectivity index (χ3v) is 11.1. The van der Waals surface area contributed by atoms with Crippen LogP contribution in [0, 0.1) is 0 Å². The highest BCUT2D eigenvalue weighted by Gasteiger charge is 2.29. The van der Waals surface area contributed by atoms with Crippen molar-refractivity contribution in [1.29, 1.82) is 0 Å².